The van der Waals surface area contributed by atoms with Gasteiger partial charge in [0.15, 0.2) is 0 Å². The average Bonchev–Trinajstić information content (AvgIpc) is 1.89. The van der Waals surface area contributed by atoms with Crippen LogP contribution in [0.4, 0.5) is 0 Å². The standard InChI is InChI=1S/C8H9O2/c1-4-6-7-10-8(3,9)5-2/h1-2H,6-7H2,3H3. The molecule has 1 unspecified atom stereocenters. The number of hydrogen-bond acceptors (Lipinski definition) is 1. The Labute approximate surface area is 61.2 Å². The first-order valence-corrected chi connectivity index (χ1v) is 2.88. The van der Waals surface area contributed by atoms with Crippen molar-refractivity contribution in [2.24, 2.45) is 0 Å². The van der Waals surface area contributed by atoms with Crippen molar-refractivity contribution in [3.05, 3.63) is 0 Å². The third-order valence-electron chi connectivity index (χ3n) is 0.886. The molecule has 1 radical (unpaired) electrons. The molecule has 0 amide bonds. The van der Waals surface area contributed by atoms with E-state index in [1.165, 1.54) is 6.92 Å². The van der Waals surface area contributed by atoms with Crippen LogP contribution in [0, 0.1) is 24.7 Å². The van der Waals surface area contributed by atoms with Gasteiger partial charge in [-0.05, 0) is 5.92 Å². The minimum Gasteiger partial charge on any atom is -0.337 e. The summed E-state index contributed by atoms with van der Waals surface area (Å²) in [6, 6.07) is 0. The van der Waals surface area contributed by atoms with E-state index >= 15 is 0 Å². The van der Waals surface area contributed by atoms with E-state index in [4.69, 9.17) is 12.8 Å². The zero-order chi connectivity index (χ0) is 8.04. The van der Waals surface area contributed by atoms with Crippen LogP contribution in [-0.4, -0.2) is 12.4 Å². The SMILES string of the molecule is C#CCCOC(C)([O])C#C. The summed E-state index contributed by atoms with van der Waals surface area (Å²) in [4.78, 5) is 0. The van der Waals surface area contributed by atoms with Gasteiger partial charge in [0, 0.05) is 13.3 Å². The van der Waals surface area contributed by atoms with Crippen LogP contribution in [0.15, 0.2) is 0 Å². The average molecular weight is 137 g/mol. The van der Waals surface area contributed by atoms with E-state index < -0.39 is 5.79 Å². The van der Waals surface area contributed by atoms with Gasteiger partial charge < -0.3 is 4.74 Å². The van der Waals surface area contributed by atoms with Crippen molar-refractivity contribution in [1.29, 1.82) is 0 Å². The molecule has 0 rings (SSSR count). The Morgan fingerprint density at radius 1 is 1.60 bits per heavy atom. The highest BCUT2D eigenvalue weighted by Gasteiger charge is 2.18. The van der Waals surface area contributed by atoms with E-state index in [1.54, 1.807) is 0 Å². The molecule has 0 saturated heterocycles. The topological polar surface area (TPSA) is 29.1 Å². The van der Waals surface area contributed by atoms with E-state index in [0.717, 1.165) is 0 Å². The summed E-state index contributed by atoms with van der Waals surface area (Å²) in [6.45, 7) is 1.50. The molecule has 10 heavy (non-hydrogen) atoms. The van der Waals surface area contributed by atoms with Crippen LogP contribution in [-0.2, 0) is 9.84 Å². The van der Waals surface area contributed by atoms with Crippen molar-refractivity contribution < 1.29 is 9.84 Å². The van der Waals surface area contributed by atoms with Gasteiger partial charge in [-0.1, -0.05) is 0 Å². The number of terminal acetylenes is 2. The first-order chi connectivity index (χ1) is 4.62. The van der Waals surface area contributed by atoms with Crippen LogP contribution in [0.2, 0.25) is 0 Å². The molecule has 0 aliphatic rings. The van der Waals surface area contributed by atoms with Gasteiger partial charge in [0.05, 0.1) is 6.61 Å². The Morgan fingerprint density at radius 2 is 2.20 bits per heavy atom. The van der Waals surface area contributed by atoms with Crippen molar-refractivity contribution in [1.82, 2.24) is 0 Å². The van der Waals surface area contributed by atoms with Crippen LogP contribution in [0.5, 0.6) is 0 Å². The van der Waals surface area contributed by atoms with Crippen molar-refractivity contribution in [3.8, 4) is 24.7 Å². The largest absolute Gasteiger partial charge is 0.337 e. The van der Waals surface area contributed by atoms with Gasteiger partial charge in [-0.25, -0.2) is 0 Å². The lowest BCUT2D eigenvalue weighted by molar-refractivity contribution is -0.183. The smallest absolute Gasteiger partial charge is 0.261 e. The van der Waals surface area contributed by atoms with Gasteiger partial charge in [-0.3, -0.25) is 0 Å². The maximum atomic E-state index is 10.8. The first kappa shape index (κ1) is 9.04. The summed E-state index contributed by atoms with van der Waals surface area (Å²) in [7, 11) is 0. The molecule has 0 aromatic heterocycles. The lowest BCUT2D eigenvalue weighted by atomic mass is 10.3. The second-order valence-corrected chi connectivity index (χ2v) is 1.89. The van der Waals surface area contributed by atoms with E-state index in [-0.39, 0.29) is 6.61 Å². The summed E-state index contributed by atoms with van der Waals surface area (Å²) in [5, 5.41) is 10.8. The first-order valence-electron chi connectivity index (χ1n) is 2.88. The second kappa shape index (κ2) is 3.95. The number of hydrogen-bond donors (Lipinski definition) is 0. The second-order valence-electron chi connectivity index (χ2n) is 1.89. The van der Waals surface area contributed by atoms with E-state index in [9.17, 15) is 5.11 Å². The van der Waals surface area contributed by atoms with Gasteiger partial charge in [0.1, 0.15) is 0 Å². The van der Waals surface area contributed by atoms with Crippen LogP contribution in [0.3, 0.4) is 0 Å². The Bertz CT molecular complexity index is 169. The fourth-order valence-electron chi connectivity index (χ4n) is 0.346. The summed E-state index contributed by atoms with van der Waals surface area (Å²) < 4.78 is 4.68. The molecule has 0 aromatic carbocycles. The highest BCUT2D eigenvalue weighted by molar-refractivity contribution is 4.98. The molecule has 0 fully saturated rings. The minimum absolute atomic E-state index is 0.223. The van der Waals surface area contributed by atoms with Gasteiger partial charge in [0.25, 0.3) is 5.79 Å². The summed E-state index contributed by atoms with van der Waals surface area (Å²) in [5.74, 6) is 2.56. The molecule has 0 bridgehead atoms. The van der Waals surface area contributed by atoms with Crippen molar-refractivity contribution in [3.63, 3.8) is 0 Å². The highest BCUT2D eigenvalue weighted by Crippen LogP contribution is 2.03. The van der Waals surface area contributed by atoms with E-state index in [1.807, 2.05) is 5.92 Å². The molecule has 2 nitrogen and oxygen atoms in total. The van der Waals surface area contributed by atoms with E-state index in [0.29, 0.717) is 6.42 Å². The third kappa shape index (κ3) is 3.97. The molecule has 2 heteroatoms. The monoisotopic (exact) mass is 137 g/mol. The quantitative estimate of drug-likeness (QED) is 0.321. The van der Waals surface area contributed by atoms with E-state index in [2.05, 4.69) is 10.7 Å². The Morgan fingerprint density at radius 3 is 2.60 bits per heavy atom. The fraction of sp³-hybridized carbons (Fsp3) is 0.500. The fourth-order valence-corrected chi connectivity index (χ4v) is 0.346. The Balaban J connectivity index is 3.52. The van der Waals surface area contributed by atoms with Crippen LogP contribution >= 0.6 is 0 Å². The van der Waals surface area contributed by atoms with Gasteiger partial charge in [-0.2, -0.15) is 5.11 Å². The summed E-state index contributed by atoms with van der Waals surface area (Å²) >= 11 is 0. The Hall–Kier alpha value is -0.960. The predicted octanol–water partition coefficient (Wildman–Crippen LogP) is 0.806. The molecule has 1 atom stereocenters. The van der Waals surface area contributed by atoms with Crippen LogP contribution < -0.4 is 0 Å². The zero-order valence-corrected chi connectivity index (χ0v) is 5.89. The summed E-state index contributed by atoms with van der Waals surface area (Å²) in [5.41, 5.74) is 0. The number of ether oxygens (including phenoxy) is 1. The molecule has 0 aliphatic heterocycles. The van der Waals surface area contributed by atoms with Crippen LogP contribution in [0.25, 0.3) is 0 Å². The maximum absolute atomic E-state index is 10.8. The maximum Gasteiger partial charge on any atom is 0.261 e. The molecule has 0 aliphatic carbocycles. The highest BCUT2D eigenvalue weighted by atomic mass is 16.6. The van der Waals surface area contributed by atoms with Crippen molar-refractivity contribution >= 4 is 0 Å². The molecule has 0 N–H and O–H groups in total. The van der Waals surface area contributed by atoms with Gasteiger partial charge in [-0.15, -0.1) is 18.8 Å². The van der Waals surface area contributed by atoms with Crippen molar-refractivity contribution in [2.75, 3.05) is 6.61 Å². The molecular weight excluding hydrogens is 128 g/mol. The normalized spacial score (nSPS) is 14.8. The summed E-state index contributed by atoms with van der Waals surface area (Å²) in [6.07, 6.45) is 10.2. The molecule has 0 saturated carbocycles. The molecule has 0 heterocycles. The molecule has 53 valence electrons. The zero-order valence-electron chi connectivity index (χ0n) is 5.89. The molecule has 0 spiro atoms. The van der Waals surface area contributed by atoms with Crippen LogP contribution in [0.1, 0.15) is 13.3 Å². The van der Waals surface area contributed by atoms with Gasteiger partial charge >= 0.3 is 0 Å². The molecular formula is C8H9O2. The lowest BCUT2D eigenvalue weighted by Gasteiger charge is -2.12. The minimum atomic E-state index is -1.73. The molecule has 0 aromatic rings. The lowest BCUT2D eigenvalue weighted by Crippen LogP contribution is -2.24. The van der Waals surface area contributed by atoms with Crippen molar-refractivity contribution in [2.45, 2.75) is 19.1 Å². The Kier molecular flexibility index (Phi) is 3.57. The third-order valence-corrected chi connectivity index (χ3v) is 0.886. The number of rotatable bonds is 3. The van der Waals surface area contributed by atoms with Gasteiger partial charge in [0.2, 0.25) is 0 Å². The predicted molar refractivity (Wildman–Crippen MR) is 37.3 cm³/mol.